The minimum Gasteiger partial charge on any atom is -0.483 e. The molecule has 2 aromatic rings. The third-order valence-electron chi connectivity index (χ3n) is 4.70. The first kappa shape index (κ1) is 26.1. The maximum Gasteiger partial charge on any atom is 0.315 e. The van der Waals surface area contributed by atoms with Crippen LogP contribution >= 0.6 is 0 Å². The van der Waals surface area contributed by atoms with Crippen molar-refractivity contribution in [3.05, 3.63) is 41.8 Å². The number of carboxylic acid groups (broad SMARTS) is 2. The molecule has 1 aliphatic heterocycles. The molecular weight excluding hydrogens is 402 g/mol. The largest absolute Gasteiger partial charge is 0.483 e. The topological polar surface area (TPSA) is 132 Å². The van der Waals surface area contributed by atoms with E-state index in [2.05, 4.69) is 50.7 Å². The van der Waals surface area contributed by atoms with Crippen LogP contribution in [-0.2, 0) is 22.7 Å². The van der Waals surface area contributed by atoms with Crippen molar-refractivity contribution in [1.29, 1.82) is 0 Å². The molecule has 10 nitrogen and oxygen atoms in total. The average molecular weight is 436 g/mol. The molecule has 0 bridgehead atoms. The van der Waals surface area contributed by atoms with E-state index in [1.54, 1.807) is 0 Å². The van der Waals surface area contributed by atoms with Crippen molar-refractivity contribution in [2.45, 2.75) is 32.4 Å². The lowest BCUT2D eigenvalue weighted by Gasteiger charge is -2.32. The van der Waals surface area contributed by atoms with Gasteiger partial charge in [-0.3, -0.25) is 14.5 Å². The van der Waals surface area contributed by atoms with Crippen LogP contribution in [0.15, 0.2) is 34.7 Å². The lowest BCUT2D eigenvalue weighted by atomic mass is 9.93. The number of anilines is 1. The Balaban J connectivity index is 0.000000720. The number of rotatable bonds is 8. The Labute approximate surface area is 182 Å². The molecule has 1 aliphatic rings. The molecule has 1 saturated heterocycles. The molecule has 10 heteroatoms. The fourth-order valence-corrected chi connectivity index (χ4v) is 3.32. The maximum absolute atomic E-state index is 8.36. The van der Waals surface area contributed by atoms with Crippen LogP contribution in [0.4, 0.5) is 6.01 Å². The van der Waals surface area contributed by atoms with E-state index in [1.807, 2.05) is 19.0 Å². The van der Waals surface area contributed by atoms with Gasteiger partial charge in [0.25, 0.3) is 12.9 Å². The molecule has 3 N–H and O–H groups in total. The summed E-state index contributed by atoms with van der Waals surface area (Å²) in [6, 6.07) is 11.3. The highest BCUT2D eigenvalue weighted by molar-refractivity contribution is 5.33. The van der Waals surface area contributed by atoms with Gasteiger partial charge >= 0.3 is 6.01 Å². The van der Waals surface area contributed by atoms with Crippen LogP contribution < -0.4 is 5.32 Å². The summed E-state index contributed by atoms with van der Waals surface area (Å²) < 4.78 is 5.58. The van der Waals surface area contributed by atoms with Crippen molar-refractivity contribution in [2.24, 2.45) is 5.92 Å². The minimum atomic E-state index is -0.250. The number of hydrogen-bond donors (Lipinski definition) is 3. The van der Waals surface area contributed by atoms with Gasteiger partial charge in [0.05, 0.1) is 6.54 Å². The molecule has 0 atom stereocenters. The number of likely N-dealkylation sites (tertiary alicyclic amines) is 1. The number of hydrogen-bond acceptors (Lipinski definition) is 8. The van der Waals surface area contributed by atoms with Crippen molar-refractivity contribution in [3.8, 4) is 0 Å². The zero-order valence-electron chi connectivity index (χ0n) is 18.2. The smallest absolute Gasteiger partial charge is 0.315 e. The fourth-order valence-electron chi connectivity index (χ4n) is 3.32. The molecule has 2 heterocycles. The summed E-state index contributed by atoms with van der Waals surface area (Å²) in [4.78, 5) is 21.3. The SMILES string of the molecule is CN(C)Cc1nnc(NCCC2CCN(Cc3ccccc3)CC2)o1.O=CO.O=CO. The predicted molar refractivity (Wildman–Crippen MR) is 117 cm³/mol. The van der Waals surface area contributed by atoms with E-state index < -0.39 is 0 Å². The number of piperidine rings is 1. The summed E-state index contributed by atoms with van der Waals surface area (Å²) in [5.74, 6) is 1.44. The fraction of sp³-hybridized carbons (Fsp3) is 0.524. The molecule has 1 aromatic heterocycles. The Hall–Kier alpha value is -2.98. The van der Waals surface area contributed by atoms with Gasteiger partial charge in [0.1, 0.15) is 0 Å². The zero-order valence-corrected chi connectivity index (χ0v) is 18.2. The van der Waals surface area contributed by atoms with E-state index >= 15 is 0 Å². The Morgan fingerprint density at radius 3 is 2.32 bits per heavy atom. The molecule has 3 rings (SSSR count). The predicted octanol–water partition coefficient (Wildman–Crippen LogP) is 2.25. The van der Waals surface area contributed by atoms with Crippen LogP contribution in [0.25, 0.3) is 0 Å². The quantitative estimate of drug-likeness (QED) is 0.530. The summed E-state index contributed by atoms with van der Waals surface area (Å²) >= 11 is 0. The molecule has 1 fully saturated rings. The number of carbonyl (C=O) groups is 2. The Morgan fingerprint density at radius 2 is 1.74 bits per heavy atom. The summed E-state index contributed by atoms with van der Waals surface area (Å²) in [5.41, 5.74) is 1.41. The average Bonchev–Trinajstić information content (AvgIpc) is 3.18. The molecule has 0 unspecified atom stereocenters. The third kappa shape index (κ3) is 11.7. The molecule has 0 spiro atoms. The zero-order chi connectivity index (χ0) is 22.9. The number of nitrogens with one attached hydrogen (secondary N) is 1. The highest BCUT2D eigenvalue weighted by Crippen LogP contribution is 2.22. The second-order valence-electron chi connectivity index (χ2n) is 7.37. The van der Waals surface area contributed by atoms with Crippen molar-refractivity contribution in [2.75, 3.05) is 39.0 Å². The number of nitrogens with zero attached hydrogens (tertiary/aromatic N) is 4. The van der Waals surface area contributed by atoms with E-state index in [1.165, 1.54) is 31.5 Å². The summed E-state index contributed by atoms with van der Waals surface area (Å²) in [5, 5.41) is 25.1. The molecule has 31 heavy (non-hydrogen) atoms. The molecule has 0 saturated carbocycles. The van der Waals surface area contributed by atoms with Crippen LogP contribution in [-0.4, -0.2) is 76.9 Å². The van der Waals surface area contributed by atoms with Gasteiger partial charge in [-0.15, -0.1) is 5.10 Å². The lowest BCUT2D eigenvalue weighted by molar-refractivity contribution is -0.123. The van der Waals surface area contributed by atoms with Crippen LogP contribution in [0.2, 0.25) is 0 Å². The monoisotopic (exact) mass is 435 g/mol. The molecular formula is C21H33N5O5. The highest BCUT2D eigenvalue weighted by Gasteiger charge is 2.19. The van der Waals surface area contributed by atoms with Gasteiger partial charge in [-0.05, 0) is 57.9 Å². The molecule has 0 amide bonds. The first-order valence-corrected chi connectivity index (χ1v) is 10.1. The normalized spacial score (nSPS) is 14.0. The first-order chi connectivity index (χ1) is 15.0. The van der Waals surface area contributed by atoms with Crippen molar-refractivity contribution in [3.63, 3.8) is 0 Å². The Kier molecular flexibility index (Phi) is 13.3. The van der Waals surface area contributed by atoms with Gasteiger partial charge in [0.15, 0.2) is 0 Å². The van der Waals surface area contributed by atoms with Crippen molar-refractivity contribution >= 4 is 19.0 Å². The van der Waals surface area contributed by atoms with Crippen LogP contribution in [0.3, 0.4) is 0 Å². The van der Waals surface area contributed by atoms with Crippen molar-refractivity contribution < 1.29 is 24.2 Å². The summed E-state index contributed by atoms with van der Waals surface area (Å²) in [7, 11) is 3.98. The summed E-state index contributed by atoms with van der Waals surface area (Å²) in [6.07, 6.45) is 3.69. The second-order valence-corrected chi connectivity index (χ2v) is 7.37. The highest BCUT2D eigenvalue weighted by atomic mass is 16.4. The molecule has 0 aliphatic carbocycles. The first-order valence-electron chi connectivity index (χ1n) is 10.1. The van der Waals surface area contributed by atoms with Gasteiger partial charge in [0, 0.05) is 13.1 Å². The van der Waals surface area contributed by atoms with E-state index in [4.69, 9.17) is 24.2 Å². The van der Waals surface area contributed by atoms with E-state index in [0.717, 1.165) is 25.4 Å². The Bertz CT molecular complexity index is 712. The lowest BCUT2D eigenvalue weighted by Crippen LogP contribution is -2.33. The molecule has 1 aromatic carbocycles. The summed E-state index contributed by atoms with van der Waals surface area (Å²) in [6.45, 7) is 4.52. The van der Waals surface area contributed by atoms with E-state index in [9.17, 15) is 0 Å². The van der Waals surface area contributed by atoms with Gasteiger partial charge in [-0.25, -0.2) is 0 Å². The third-order valence-corrected chi connectivity index (χ3v) is 4.70. The number of benzene rings is 1. The minimum absolute atomic E-state index is 0.250. The maximum atomic E-state index is 8.36. The van der Waals surface area contributed by atoms with E-state index in [-0.39, 0.29) is 12.9 Å². The standard InChI is InChI=1S/C19H29N5O.2CH2O2/c1-23(2)15-18-21-22-19(25-18)20-11-8-16-9-12-24(13-10-16)14-17-6-4-3-5-7-17;2*2-1-3/h3-7,16H,8-15H2,1-2H3,(H,20,22);2*1H,(H,2,3). The Morgan fingerprint density at radius 1 is 1.13 bits per heavy atom. The van der Waals surface area contributed by atoms with Crippen LogP contribution in [0.5, 0.6) is 0 Å². The van der Waals surface area contributed by atoms with Gasteiger partial charge in [-0.1, -0.05) is 35.4 Å². The van der Waals surface area contributed by atoms with Crippen molar-refractivity contribution in [1.82, 2.24) is 20.0 Å². The number of aromatic nitrogens is 2. The second kappa shape index (κ2) is 15.8. The van der Waals surface area contributed by atoms with Gasteiger partial charge in [0.2, 0.25) is 5.89 Å². The molecule has 0 radical (unpaired) electrons. The van der Waals surface area contributed by atoms with Gasteiger partial charge < -0.3 is 24.8 Å². The van der Waals surface area contributed by atoms with Crippen LogP contribution in [0, 0.1) is 5.92 Å². The molecule has 172 valence electrons. The van der Waals surface area contributed by atoms with Crippen LogP contribution in [0.1, 0.15) is 30.7 Å². The van der Waals surface area contributed by atoms with Gasteiger partial charge in [-0.2, -0.15) is 0 Å². The van der Waals surface area contributed by atoms with E-state index in [0.29, 0.717) is 18.5 Å².